The Hall–Kier alpha value is -0.240. The van der Waals surface area contributed by atoms with Crippen molar-refractivity contribution in [2.75, 3.05) is 31.2 Å². The van der Waals surface area contributed by atoms with Gasteiger partial charge in [0.15, 0.2) is 0 Å². The van der Waals surface area contributed by atoms with Gasteiger partial charge in [-0.15, -0.1) is 0 Å². The van der Waals surface area contributed by atoms with Crippen LogP contribution in [0.5, 0.6) is 0 Å². The summed E-state index contributed by atoms with van der Waals surface area (Å²) in [6.45, 7) is 4.54. The normalized spacial score (nSPS) is 34.4. The van der Waals surface area contributed by atoms with Crippen LogP contribution in [0.25, 0.3) is 0 Å². The molecule has 90 valence electrons. The van der Waals surface area contributed by atoms with E-state index in [1.165, 1.54) is 12.2 Å². The molecule has 2 aliphatic heterocycles. The molecule has 0 amide bonds. The Morgan fingerprint density at radius 2 is 2.50 bits per heavy atom. The maximum atomic E-state index is 8.83. The van der Waals surface area contributed by atoms with E-state index in [1.807, 2.05) is 11.8 Å². The molecular formula is C12H20N2OS. The molecule has 0 N–H and O–H groups in total. The van der Waals surface area contributed by atoms with Gasteiger partial charge in [0.25, 0.3) is 0 Å². The summed E-state index contributed by atoms with van der Waals surface area (Å²) in [5, 5.41) is 8.83. The smallest absolute Gasteiger partial charge is 0.0868 e. The molecule has 2 fully saturated rings. The standard InChI is InChI=1S/C12H20N2OS/c1-2-14(6-5-13)11-3-7-15-12(9-11)4-8-16-10-12/h11H,2-4,6-10H2,1H3. The summed E-state index contributed by atoms with van der Waals surface area (Å²) >= 11 is 2.01. The number of rotatable bonds is 3. The van der Waals surface area contributed by atoms with Crippen molar-refractivity contribution < 1.29 is 4.74 Å². The van der Waals surface area contributed by atoms with Gasteiger partial charge in [-0.1, -0.05) is 6.92 Å². The Morgan fingerprint density at radius 3 is 3.12 bits per heavy atom. The van der Waals surface area contributed by atoms with Crippen LogP contribution in [0.2, 0.25) is 0 Å². The second-order valence-electron chi connectivity index (χ2n) is 4.70. The first-order valence-corrected chi connectivity index (χ1v) is 7.28. The molecule has 2 unspecified atom stereocenters. The maximum Gasteiger partial charge on any atom is 0.0868 e. The van der Waals surface area contributed by atoms with Crippen LogP contribution in [0.1, 0.15) is 26.2 Å². The first kappa shape index (κ1) is 12.2. The molecule has 4 heteroatoms. The fourth-order valence-electron chi connectivity index (χ4n) is 2.77. The van der Waals surface area contributed by atoms with E-state index < -0.39 is 0 Å². The van der Waals surface area contributed by atoms with Crippen molar-refractivity contribution in [3.63, 3.8) is 0 Å². The van der Waals surface area contributed by atoms with E-state index in [9.17, 15) is 0 Å². The van der Waals surface area contributed by atoms with Crippen molar-refractivity contribution >= 4 is 11.8 Å². The second kappa shape index (κ2) is 5.39. The van der Waals surface area contributed by atoms with Gasteiger partial charge >= 0.3 is 0 Å². The Morgan fingerprint density at radius 1 is 1.62 bits per heavy atom. The molecule has 2 heterocycles. The van der Waals surface area contributed by atoms with Gasteiger partial charge in [-0.05, 0) is 31.6 Å². The van der Waals surface area contributed by atoms with Gasteiger partial charge in [0.2, 0.25) is 0 Å². The molecular weight excluding hydrogens is 220 g/mol. The van der Waals surface area contributed by atoms with E-state index >= 15 is 0 Å². The van der Waals surface area contributed by atoms with Crippen LogP contribution >= 0.6 is 11.8 Å². The van der Waals surface area contributed by atoms with Crippen molar-refractivity contribution in [1.82, 2.24) is 4.90 Å². The van der Waals surface area contributed by atoms with Gasteiger partial charge in [-0.2, -0.15) is 17.0 Å². The summed E-state index contributed by atoms with van der Waals surface area (Å²) in [5.41, 5.74) is 0.135. The molecule has 0 aromatic heterocycles. The molecule has 1 spiro atoms. The summed E-state index contributed by atoms with van der Waals surface area (Å²) in [5.74, 6) is 2.38. The third kappa shape index (κ3) is 2.53. The molecule has 0 aliphatic carbocycles. The third-order valence-corrected chi connectivity index (χ3v) is 4.95. The lowest BCUT2D eigenvalue weighted by molar-refractivity contribution is -0.0874. The zero-order valence-electron chi connectivity index (χ0n) is 9.95. The lowest BCUT2D eigenvalue weighted by Gasteiger charge is -2.41. The summed E-state index contributed by atoms with van der Waals surface area (Å²) in [6.07, 6.45) is 3.40. The highest BCUT2D eigenvalue weighted by molar-refractivity contribution is 7.99. The SMILES string of the molecule is CCN(CC#N)C1CCOC2(CCSC2)C1. The minimum absolute atomic E-state index is 0.135. The monoisotopic (exact) mass is 240 g/mol. The average Bonchev–Trinajstić information content (AvgIpc) is 2.74. The molecule has 0 aromatic rings. The highest BCUT2D eigenvalue weighted by Crippen LogP contribution is 2.39. The number of nitriles is 1. The fraction of sp³-hybridized carbons (Fsp3) is 0.917. The topological polar surface area (TPSA) is 36.3 Å². The van der Waals surface area contributed by atoms with Crippen LogP contribution < -0.4 is 0 Å². The van der Waals surface area contributed by atoms with E-state index in [0.29, 0.717) is 12.6 Å². The molecule has 0 saturated carbocycles. The first-order valence-electron chi connectivity index (χ1n) is 6.12. The Balaban J connectivity index is 1.97. The van der Waals surface area contributed by atoms with Gasteiger partial charge in [0.1, 0.15) is 0 Å². The van der Waals surface area contributed by atoms with Crippen LogP contribution in [0, 0.1) is 11.3 Å². The first-order chi connectivity index (χ1) is 7.79. The summed E-state index contributed by atoms with van der Waals surface area (Å²) in [4.78, 5) is 2.30. The van der Waals surface area contributed by atoms with Gasteiger partial charge in [-0.3, -0.25) is 4.90 Å². The van der Waals surface area contributed by atoms with Gasteiger partial charge < -0.3 is 4.74 Å². The van der Waals surface area contributed by atoms with Crippen LogP contribution in [0.4, 0.5) is 0 Å². The van der Waals surface area contributed by atoms with E-state index in [0.717, 1.165) is 31.7 Å². The number of hydrogen-bond acceptors (Lipinski definition) is 4. The Bertz CT molecular complexity index is 271. The molecule has 2 saturated heterocycles. The molecule has 0 bridgehead atoms. The van der Waals surface area contributed by atoms with E-state index in [-0.39, 0.29) is 5.60 Å². The number of ether oxygens (including phenoxy) is 1. The second-order valence-corrected chi connectivity index (χ2v) is 5.81. The third-order valence-electron chi connectivity index (χ3n) is 3.73. The molecule has 2 atom stereocenters. The van der Waals surface area contributed by atoms with Crippen LogP contribution in [0.15, 0.2) is 0 Å². The highest BCUT2D eigenvalue weighted by atomic mass is 32.2. The summed E-state index contributed by atoms with van der Waals surface area (Å²) in [6, 6.07) is 2.83. The van der Waals surface area contributed by atoms with Crippen molar-refractivity contribution in [3.8, 4) is 6.07 Å². The molecule has 2 rings (SSSR count). The summed E-state index contributed by atoms with van der Waals surface area (Å²) in [7, 11) is 0. The zero-order chi connectivity index (χ0) is 11.4. The molecule has 0 aromatic carbocycles. The Labute approximate surface area is 102 Å². The molecule has 16 heavy (non-hydrogen) atoms. The van der Waals surface area contributed by atoms with E-state index in [1.54, 1.807) is 0 Å². The van der Waals surface area contributed by atoms with Crippen LogP contribution in [0.3, 0.4) is 0 Å². The number of hydrogen-bond donors (Lipinski definition) is 0. The molecule has 3 nitrogen and oxygen atoms in total. The quantitative estimate of drug-likeness (QED) is 0.706. The zero-order valence-corrected chi connectivity index (χ0v) is 10.8. The lowest BCUT2D eigenvalue weighted by Crippen LogP contribution is -2.49. The Kier molecular flexibility index (Phi) is 4.12. The van der Waals surface area contributed by atoms with Crippen molar-refractivity contribution in [2.24, 2.45) is 0 Å². The van der Waals surface area contributed by atoms with Crippen molar-refractivity contribution in [1.29, 1.82) is 5.26 Å². The lowest BCUT2D eigenvalue weighted by atomic mass is 9.89. The van der Waals surface area contributed by atoms with Crippen LogP contribution in [-0.2, 0) is 4.74 Å². The number of thioether (sulfide) groups is 1. The van der Waals surface area contributed by atoms with Crippen molar-refractivity contribution in [3.05, 3.63) is 0 Å². The van der Waals surface area contributed by atoms with Crippen LogP contribution in [-0.4, -0.2) is 47.7 Å². The van der Waals surface area contributed by atoms with Gasteiger partial charge in [0, 0.05) is 18.4 Å². The van der Waals surface area contributed by atoms with Crippen molar-refractivity contribution in [2.45, 2.75) is 37.8 Å². The average molecular weight is 240 g/mol. The number of nitrogens with zero attached hydrogens (tertiary/aromatic N) is 2. The largest absolute Gasteiger partial charge is 0.374 e. The maximum absolute atomic E-state index is 8.83. The predicted octanol–water partition coefficient (Wildman–Crippen LogP) is 1.89. The minimum atomic E-state index is 0.135. The van der Waals surface area contributed by atoms with Gasteiger partial charge in [-0.25, -0.2) is 0 Å². The molecule has 0 radical (unpaired) electrons. The fourth-order valence-corrected chi connectivity index (χ4v) is 4.15. The predicted molar refractivity (Wildman–Crippen MR) is 66.5 cm³/mol. The highest BCUT2D eigenvalue weighted by Gasteiger charge is 2.41. The van der Waals surface area contributed by atoms with E-state index in [4.69, 9.17) is 10.00 Å². The minimum Gasteiger partial charge on any atom is -0.374 e. The van der Waals surface area contributed by atoms with E-state index in [2.05, 4.69) is 17.9 Å². The van der Waals surface area contributed by atoms with Gasteiger partial charge in [0.05, 0.1) is 18.2 Å². The molecule has 2 aliphatic rings. The summed E-state index contributed by atoms with van der Waals surface area (Å²) < 4.78 is 6.00.